The Kier molecular flexibility index (Phi) is 2.10. The molecule has 2 fully saturated rings. The molecule has 0 radical (unpaired) electrons. The summed E-state index contributed by atoms with van der Waals surface area (Å²) < 4.78 is 17.5. The smallest absolute Gasteiger partial charge is 0.188 e. The van der Waals surface area contributed by atoms with E-state index in [1.165, 1.54) is 0 Å². The summed E-state index contributed by atoms with van der Waals surface area (Å²) >= 11 is 0. The van der Waals surface area contributed by atoms with Gasteiger partial charge in [-0.25, -0.2) is 0 Å². The molecule has 0 saturated carbocycles. The third kappa shape index (κ3) is 1.38. The predicted molar refractivity (Wildman–Crippen MR) is 66.7 cm³/mol. The predicted octanol–water partition coefficient (Wildman–Crippen LogP) is 2.55. The van der Waals surface area contributed by atoms with Crippen molar-refractivity contribution < 1.29 is 14.2 Å². The third-order valence-electron chi connectivity index (χ3n) is 4.69. The molecule has 0 N–H and O–H groups in total. The minimum Gasteiger partial charge on any atom is -0.495 e. The van der Waals surface area contributed by atoms with Gasteiger partial charge in [0, 0.05) is 30.6 Å². The zero-order valence-electron chi connectivity index (χ0n) is 10.4. The second-order valence-corrected chi connectivity index (χ2v) is 5.77. The van der Waals surface area contributed by atoms with Crippen molar-refractivity contribution in [2.75, 3.05) is 13.2 Å². The van der Waals surface area contributed by atoms with Gasteiger partial charge in [-0.3, -0.25) is 0 Å². The highest BCUT2D eigenvalue weighted by molar-refractivity contribution is 5.29. The molecule has 2 aliphatic carbocycles. The number of ether oxygens (including phenoxy) is 3. The van der Waals surface area contributed by atoms with Gasteiger partial charge in [0.05, 0.1) is 19.0 Å². The van der Waals surface area contributed by atoms with Gasteiger partial charge in [-0.2, -0.15) is 0 Å². The molecule has 2 heterocycles. The van der Waals surface area contributed by atoms with E-state index >= 15 is 0 Å². The van der Waals surface area contributed by atoms with Gasteiger partial charge in [-0.05, 0) is 6.08 Å². The first kappa shape index (κ1) is 10.8. The van der Waals surface area contributed by atoms with Crippen molar-refractivity contribution in [3.8, 4) is 0 Å². The Morgan fingerprint density at radius 3 is 2.83 bits per heavy atom. The Bertz CT molecular complexity index is 445. The summed E-state index contributed by atoms with van der Waals surface area (Å²) in [6.45, 7) is 5.40. The van der Waals surface area contributed by atoms with E-state index in [2.05, 4.69) is 30.9 Å². The molecule has 4 aliphatic rings. The summed E-state index contributed by atoms with van der Waals surface area (Å²) in [7, 11) is 0. The van der Waals surface area contributed by atoms with Gasteiger partial charge < -0.3 is 14.2 Å². The van der Waals surface area contributed by atoms with Crippen molar-refractivity contribution >= 4 is 0 Å². The first-order valence-corrected chi connectivity index (χ1v) is 6.72. The fourth-order valence-electron chi connectivity index (χ4n) is 3.87. The number of allylic oxidation sites excluding steroid dienone is 3. The van der Waals surface area contributed by atoms with Crippen LogP contribution >= 0.6 is 0 Å². The molecule has 0 aromatic carbocycles. The molecule has 2 bridgehead atoms. The Labute approximate surface area is 107 Å². The highest BCUT2D eigenvalue weighted by atomic mass is 16.7. The van der Waals surface area contributed by atoms with Gasteiger partial charge in [0.15, 0.2) is 5.79 Å². The van der Waals surface area contributed by atoms with Gasteiger partial charge in [-0.1, -0.05) is 24.8 Å². The maximum Gasteiger partial charge on any atom is 0.188 e. The summed E-state index contributed by atoms with van der Waals surface area (Å²) in [5.41, 5.74) is 0.0822. The van der Waals surface area contributed by atoms with Crippen LogP contribution in [0.4, 0.5) is 0 Å². The normalized spacial score (nSPS) is 43.9. The fourth-order valence-corrected chi connectivity index (χ4v) is 3.87. The van der Waals surface area contributed by atoms with E-state index in [-0.39, 0.29) is 11.5 Å². The lowest BCUT2D eigenvalue weighted by molar-refractivity contribution is -0.165. The van der Waals surface area contributed by atoms with E-state index in [0.717, 1.165) is 25.0 Å². The molecular formula is C15H18O3. The van der Waals surface area contributed by atoms with Gasteiger partial charge >= 0.3 is 0 Å². The number of hydrogen-bond acceptors (Lipinski definition) is 3. The maximum absolute atomic E-state index is 5.93. The van der Waals surface area contributed by atoms with E-state index in [9.17, 15) is 0 Å². The number of rotatable bonds is 0. The molecule has 3 heteroatoms. The molecule has 2 aliphatic heterocycles. The lowest BCUT2D eigenvalue weighted by Crippen LogP contribution is -2.51. The molecule has 96 valence electrons. The van der Waals surface area contributed by atoms with Crippen LogP contribution in [0.2, 0.25) is 0 Å². The molecule has 2 saturated heterocycles. The van der Waals surface area contributed by atoms with Crippen LogP contribution in [0.25, 0.3) is 0 Å². The summed E-state index contributed by atoms with van der Waals surface area (Å²) in [6.07, 6.45) is 11.9. The molecule has 3 nitrogen and oxygen atoms in total. The molecule has 3 unspecified atom stereocenters. The van der Waals surface area contributed by atoms with Crippen molar-refractivity contribution in [2.24, 2.45) is 11.3 Å². The highest BCUT2D eigenvalue weighted by Gasteiger charge is 2.54. The number of hydrogen-bond donors (Lipinski definition) is 0. The lowest BCUT2D eigenvalue weighted by atomic mass is 9.60. The average Bonchev–Trinajstić information content (AvgIpc) is 2.78. The van der Waals surface area contributed by atoms with Crippen LogP contribution in [0.1, 0.15) is 19.3 Å². The first-order valence-electron chi connectivity index (χ1n) is 6.72. The van der Waals surface area contributed by atoms with Crippen LogP contribution in [0, 0.1) is 11.3 Å². The SMILES string of the molecule is C=C1CC23C=CCC(O1)C2CC1(C=C3)OCCO1. The minimum atomic E-state index is -0.486. The van der Waals surface area contributed by atoms with E-state index in [4.69, 9.17) is 14.2 Å². The summed E-state index contributed by atoms with van der Waals surface area (Å²) in [5, 5.41) is 0. The third-order valence-corrected chi connectivity index (χ3v) is 4.69. The fraction of sp³-hybridized carbons (Fsp3) is 0.600. The van der Waals surface area contributed by atoms with Gasteiger partial charge in [0.25, 0.3) is 0 Å². The molecule has 3 atom stereocenters. The summed E-state index contributed by atoms with van der Waals surface area (Å²) in [5.74, 6) is 0.866. The van der Waals surface area contributed by atoms with Crippen molar-refractivity contribution in [1.82, 2.24) is 0 Å². The maximum atomic E-state index is 5.93. The van der Waals surface area contributed by atoms with E-state index < -0.39 is 5.79 Å². The van der Waals surface area contributed by atoms with Gasteiger partial charge in [0.1, 0.15) is 6.10 Å². The van der Waals surface area contributed by atoms with Crippen LogP contribution in [0.5, 0.6) is 0 Å². The topological polar surface area (TPSA) is 27.7 Å². The second-order valence-electron chi connectivity index (χ2n) is 5.77. The van der Waals surface area contributed by atoms with Crippen LogP contribution < -0.4 is 0 Å². The largest absolute Gasteiger partial charge is 0.495 e. The molecular weight excluding hydrogens is 228 g/mol. The minimum absolute atomic E-state index is 0.0822. The van der Waals surface area contributed by atoms with Crippen LogP contribution in [-0.2, 0) is 14.2 Å². The Morgan fingerprint density at radius 1 is 1.17 bits per heavy atom. The average molecular weight is 246 g/mol. The standard InChI is InChI=1S/C15H18O3/c1-11-9-14-4-2-3-13(18-11)12(14)10-15(6-5-14)16-7-8-17-15/h2,4-6,12-13H,1,3,7-10H2. The highest BCUT2D eigenvalue weighted by Crippen LogP contribution is 2.55. The first-order chi connectivity index (χ1) is 8.72. The van der Waals surface area contributed by atoms with E-state index in [0.29, 0.717) is 19.1 Å². The second kappa shape index (κ2) is 3.49. The van der Waals surface area contributed by atoms with Crippen LogP contribution in [-0.4, -0.2) is 25.1 Å². The molecule has 1 spiro atoms. The Balaban J connectivity index is 1.76. The quantitative estimate of drug-likeness (QED) is 0.615. The Morgan fingerprint density at radius 2 is 2.00 bits per heavy atom. The molecule has 0 aromatic heterocycles. The van der Waals surface area contributed by atoms with Gasteiger partial charge in [-0.15, -0.1) is 0 Å². The molecule has 0 amide bonds. The summed E-state index contributed by atoms with van der Waals surface area (Å²) in [6, 6.07) is 0. The zero-order valence-corrected chi connectivity index (χ0v) is 10.4. The van der Waals surface area contributed by atoms with Crippen LogP contribution in [0.3, 0.4) is 0 Å². The lowest BCUT2D eigenvalue weighted by Gasteiger charge is -2.52. The van der Waals surface area contributed by atoms with Crippen molar-refractivity contribution in [2.45, 2.75) is 31.2 Å². The monoisotopic (exact) mass is 246 g/mol. The Hall–Kier alpha value is -1.06. The van der Waals surface area contributed by atoms with Crippen molar-refractivity contribution in [3.63, 3.8) is 0 Å². The van der Waals surface area contributed by atoms with Crippen molar-refractivity contribution in [3.05, 3.63) is 36.6 Å². The molecule has 4 rings (SSSR count). The van der Waals surface area contributed by atoms with E-state index in [1.54, 1.807) is 0 Å². The van der Waals surface area contributed by atoms with Crippen molar-refractivity contribution in [1.29, 1.82) is 0 Å². The molecule has 18 heavy (non-hydrogen) atoms. The molecule has 0 aromatic rings. The zero-order chi connectivity index (χ0) is 12.2. The van der Waals surface area contributed by atoms with Crippen LogP contribution in [0.15, 0.2) is 36.6 Å². The van der Waals surface area contributed by atoms with Gasteiger partial charge in [0.2, 0.25) is 0 Å². The summed E-state index contributed by atoms with van der Waals surface area (Å²) in [4.78, 5) is 0. The van der Waals surface area contributed by atoms with E-state index in [1.807, 2.05) is 0 Å².